The van der Waals surface area contributed by atoms with Gasteiger partial charge < -0.3 is 15.0 Å². The molecule has 2 heterocycles. The summed E-state index contributed by atoms with van der Waals surface area (Å²) >= 11 is 0. The Kier molecular flexibility index (Phi) is 3.44. The van der Waals surface area contributed by atoms with Gasteiger partial charge in [0.25, 0.3) is 5.56 Å². The number of hydrogen-bond donors (Lipinski definition) is 3. The van der Waals surface area contributed by atoms with Crippen molar-refractivity contribution >= 4 is 22.3 Å². The predicted molar refractivity (Wildman–Crippen MR) is 86.1 cm³/mol. The molecule has 1 aromatic carbocycles. The normalized spacial score (nSPS) is 15.4. The molecule has 0 spiro atoms. The number of aliphatic hydroxyl groups is 1. The monoisotopic (exact) mass is 298 g/mol. The molecule has 0 saturated heterocycles. The smallest absolute Gasteiger partial charge is 0.259 e. The number of aromatic amines is 1. The van der Waals surface area contributed by atoms with E-state index in [0.717, 1.165) is 0 Å². The molecule has 0 fully saturated rings. The van der Waals surface area contributed by atoms with E-state index in [-0.39, 0.29) is 29.5 Å². The van der Waals surface area contributed by atoms with E-state index in [1.165, 1.54) is 0 Å². The summed E-state index contributed by atoms with van der Waals surface area (Å²) in [5.74, 6) is 0.891. The molecule has 6 nitrogen and oxygen atoms in total. The quantitative estimate of drug-likeness (QED) is 0.809. The summed E-state index contributed by atoms with van der Waals surface area (Å²) in [5, 5.41) is 18.9. The Bertz CT molecular complexity index is 835. The van der Waals surface area contributed by atoms with Gasteiger partial charge in [-0.1, -0.05) is 26.0 Å². The molecule has 0 saturated carbocycles. The van der Waals surface area contributed by atoms with E-state index in [9.17, 15) is 9.90 Å². The third-order valence-corrected chi connectivity index (χ3v) is 3.62. The number of rotatable bonds is 3. The molecule has 0 amide bonds. The lowest BCUT2D eigenvalue weighted by atomic mass is 10.2. The zero-order valence-electron chi connectivity index (χ0n) is 12.6. The Labute approximate surface area is 127 Å². The van der Waals surface area contributed by atoms with E-state index in [2.05, 4.69) is 23.8 Å². The number of fused-ring (bicyclic) bond motifs is 1. The van der Waals surface area contributed by atoms with Crippen LogP contribution in [0.25, 0.3) is 16.5 Å². The van der Waals surface area contributed by atoms with E-state index in [4.69, 9.17) is 5.41 Å². The van der Waals surface area contributed by atoms with Gasteiger partial charge in [-0.15, -0.1) is 0 Å². The Morgan fingerprint density at radius 1 is 1.41 bits per heavy atom. The first kappa shape index (κ1) is 14.3. The molecule has 1 aliphatic heterocycles. The first-order chi connectivity index (χ1) is 10.5. The topological polar surface area (TPSA) is 93.1 Å². The summed E-state index contributed by atoms with van der Waals surface area (Å²) in [6.07, 6.45) is 0. The molecule has 1 aliphatic rings. The highest BCUT2D eigenvalue weighted by Crippen LogP contribution is 2.25. The largest absolute Gasteiger partial charge is 0.510 e. The first-order valence-electron chi connectivity index (χ1n) is 7.22. The molecule has 0 unspecified atom stereocenters. The van der Waals surface area contributed by atoms with Crippen LogP contribution in [0.5, 0.6) is 0 Å². The van der Waals surface area contributed by atoms with Crippen LogP contribution in [0.2, 0.25) is 0 Å². The van der Waals surface area contributed by atoms with E-state index < -0.39 is 0 Å². The van der Waals surface area contributed by atoms with Gasteiger partial charge in [-0.05, 0) is 18.1 Å². The Morgan fingerprint density at radius 2 is 2.14 bits per heavy atom. The maximum Gasteiger partial charge on any atom is 0.259 e. The molecule has 2 aromatic rings. The predicted octanol–water partition coefficient (Wildman–Crippen LogP) is 2.14. The zero-order chi connectivity index (χ0) is 15.9. The number of aliphatic hydroxyl groups excluding tert-OH is 1. The number of nitrogens with zero attached hydrogens (tertiary/aromatic N) is 2. The number of para-hydroxylation sites is 1. The van der Waals surface area contributed by atoms with E-state index >= 15 is 0 Å². The molecule has 22 heavy (non-hydrogen) atoms. The summed E-state index contributed by atoms with van der Waals surface area (Å²) < 4.78 is 0. The minimum Gasteiger partial charge on any atom is -0.510 e. The van der Waals surface area contributed by atoms with Crippen LogP contribution in [-0.2, 0) is 0 Å². The second-order valence-corrected chi connectivity index (χ2v) is 5.88. The van der Waals surface area contributed by atoms with Gasteiger partial charge in [0, 0.05) is 6.54 Å². The summed E-state index contributed by atoms with van der Waals surface area (Å²) in [7, 11) is 0. The van der Waals surface area contributed by atoms with Crippen molar-refractivity contribution in [1.82, 2.24) is 14.9 Å². The number of H-pyrrole nitrogens is 1. The summed E-state index contributed by atoms with van der Waals surface area (Å²) in [6, 6.07) is 7.02. The fourth-order valence-corrected chi connectivity index (χ4v) is 2.68. The molecule has 6 heteroatoms. The van der Waals surface area contributed by atoms with Crippen LogP contribution >= 0.6 is 0 Å². The Morgan fingerprint density at radius 3 is 2.86 bits per heavy atom. The van der Waals surface area contributed by atoms with Crippen LogP contribution in [-0.4, -0.2) is 38.9 Å². The molecule has 3 N–H and O–H groups in total. The highest BCUT2D eigenvalue weighted by molar-refractivity contribution is 6.22. The zero-order valence-corrected chi connectivity index (χ0v) is 12.6. The lowest BCUT2D eigenvalue weighted by Crippen LogP contribution is -2.30. The minimum absolute atomic E-state index is 0.0732. The molecule has 0 radical (unpaired) electrons. The third kappa shape index (κ3) is 2.36. The van der Waals surface area contributed by atoms with Gasteiger partial charge in [0.2, 0.25) is 0 Å². The minimum atomic E-state index is -0.268. The van der Waals surface area contributed by atoms with Crippen LogP contribution in [0.1, 0.15) is 19.7 Å². The van der Waals surface area contributed by atoms with Gasteiger partial charge >= 0.3 is 0 Å². The van der Waals surface area contributed by atoms with Crippen LogP contribution in [0, 0.1) is 11.3 Å². The number of hydrogen-bond acceptors (Lipinski definition) is 4. The lowest BCUT2D eigenvalue weighted by Gasteiger charge is -2.20. The van der Waals surface area contributed by atoms with E-state index in [0.29, 0.717) is 28.9 Å². The van der Waals surface area contributed by atoms with Crippen molar-refractivity contribution in [3.63, 3.8) is 0 Å². The second kappa shape index (κ2) is 5.29. The number of nitrogens with one attached hydrogen (secondary N) is 2. The van der Waals surface area contributed by atoms with Crippen LogP contribution in [0.3, 0.4) is 0 Å². The Balaban J connectivity index is 2.06. The van der Waals surface area contributed by atoms with Gasteiger partial charge in [0.1, 0.15) is 17.4 Å². The van der Waals surface area contributed by atoms with Gasteiger partial charge in [-0.25, -0.2) is 4.98 Å². The molecular formula is C16H18N4O2. The average molecular weight is 298 g/mol. The average Bonchev–Trinajstić information content (AvgIpc) is 2.72. The van der Waals surface area contributed by atoms with Gasteiger partial charge in [-0.2, -0.15) is 0 Å². The van der Waals surface area contributed by atoms with E-state index in [1.54, 1.807) is 29.2 Å². The van der Waals surface area contributed by atoms with Crippen molar-refractivity contribution in [2.45, 2.75) is 13.8 Å². The summed E-state index contributed by atoms with van der Waals surface area (Å²) in [5.41, 5.74) is 0.594. The SMILES string of the molecule is CC(C)CN1CC(O)=C(c2nc3ccccc3c(=O)[nH]2)C1=N. The second-order valence-electron chi connectivity index (χ2n) is 5.88. The highest BCUT2D eigenvalue weighted by Gasteiger charge is 2.30. The number of aromatic nitrogens is 2. The standard InChI is InChI=1S/C16H18N4O2/c1-9(2)7-20-8-12(21)13(14(20)17)15-18-11-6-4-3-5-10(11)16(22)19-15/h3-6,9,17,21H,7-8H2,1-2H3,(H,18,19,22). The first-order valence-corrected chi connectivity index (χ1v) is 7.22. The summed E-state index contributed by atoms with van der Waals surface area (Å²) in [4.78, 5) is 21.0. The van der Waals surface area contributed by atoms with Crippen molar-refractivity contribution in [3.8, 4) is 0 Å². The summed E-state index contributed by atoms with van der Waals surface area (Å²) in [6.45, 7) is 5.06. The molecule has 114 valence electrons. The molecular weight excluding hydrogens is 280 g/mol. The maximum absolute atomic E-state index is 12.1. The molecule has 0 bridgehead atoms. The van der Waals surface area contributed by atoms with Crippen molar-refractivity contribution in [2.24, 2.45) is 5.92 Å². The van der Waals surface area contributed by atoms with Crippen molar-refractivity contribution < 1.29 is 5.11 Å². The van der Waals surface area contributed by atoms with Gasteiger partial charge in [0.05, 0.1) is 23.0 Å². The van der Waals surface area contributed by atoms with Crippen molar-refractivity contribution in [3.05, 3.63) is 46.2 Å². The van der Waals surface area contributed by atoms with Crippen LogP contribution < -0.4 is 5.56 Å². The van der Waals surface area contributed by atoms with Crippen molar-refractivity contribution in [1.29, 1.82) is 5.41 Å². The fraction of sp³-hybridized carbons (Fsp3) is 0.312. The number of benzene rings is 1. The highest BCUT2D eigenvalue weighted by atomic mass is 16.3. The van der Waals surface area contributed by atoms with Gasteiger partial charge in [-0.3, -0.25) is 10.2 Å². The van der Waals surface area contributed by atoms with Gasteiger partial charge in [0.15, 0.2) is 0 Å². The lowest BCUT2D eigenvalue weighted by molar-refractivity contribution is 0.329. The van der Waals surface area contributed by atoms with Crippen LogP contribution in [0.15, 0.2) is 34.8 Å². The van der Waals surface area contributed by atoms with Crippen molar-refractivity contribution in [2.75, 3.05) is 13.1 Å². The molecule has 0 atom stereocenters. The maximum atomic E-state index is 12.1. The van der Waals surface area contributed by atoms with E-state index in [1.807, 2.05) is 0 Å². The third-order valence-electron chi connectivity index (χ3n) is 3.62. The number of amidine groups is 1. The molecule has 3 rings (SSSR count). The molecule has 1 aromatic heterocycles. The Hall–Kier alpha value is -2.63. The van der Waals surface area contributed by atoms with Crippen LogP contribution in [0.4, 0.5) is 0 Å². The fourth-order valence-electron chi connectivity index (χ4n) is 2.68. The molecule has 0 aliphatic carbocycles.